The number of fused-ring (bicyclic) bond motifs is 3. The smallest absolute Gasteiger partial charge is 0.407 e. The van der Waals surface area contributed by atoms with Crippen molar-refractivity contribution in [3.63, 3.8) is 0 Å². The number of carboxylic acids is 1. The van der Waals surface area contributed by atoms with Crippen LogP contribution < -0.4 is 5.32 Å². The molecule has 2 amide bonds. The Morgan fingerprint density at radius 3 is 2.12 bits per heavy atom. The van der Waals surface area contributed by atoms with Crippen LogP contribution in [0.5, 0.6) is 0 Å². The Kier molecular flexibility index (Phi) is 7.41. The first-order chi connectivity index (χ1) is 15.7. The Labute approximate surface area is 194 Å². The van der Waals surface area contributed by atoms with Gasteiger partial charge in [0.2, 0.25) is 5.91 Å². The molecule has 0 fully saturated rings. The summed E-state index contributed by atoms with van der Waals surface area (Å²) in [6, 6.07) is 16.0. The number of ether oxygens (including phenoxy) is 1. The number of benzene rings is 2. The zero-order valence-electron chi connectivity index (χ0n) is 19.6. The summed E-state index contributed by atoms with van der Waals surface area (Å²) in [6.45, 7) is 6.95. The molecule has 1 aliphatic rings. The highest BCUT2D eigenvalue weighted by Gasteiger charge is 2.35. The van der Waals surface area contributed by atoms with E-state index in [-0.39, 0.29) is 37.6 Å². The van der Waals surface area contributed by atoms with Gasteiger partial charge in [0, 0.05) is 18.5 Å². The molecule has 0 radical (unpaired) electrons. The molecule has 0 heterocycles. The summed E-state index contributed by atoms with van der Waals surface area (Å²) in [5.41, 5.74) is 3.57. The van der Waals surface area contributed by atoms with Gasteiger partial charge < -0.3 is 20.1 Å². The molecule has 0 saturated heterocycles. The topological polar surface area (TPSA) is 95.9 Å². The summed E-state index contributed by atoms with van der Waals surface area (Å²) in [6.07, 6.45) is 0.0283. The third kappa shape index (κ3) is 5.35. The summed E-state index contributed by atoms with van der Waals surface area (Å²) >= 11 is 0. The average Bonchev–Trinajstić information content (AvgIpc) is 3.12. The molecule has 0 aliphatic heterocycles. The van der Waals surface area contributed by atoms with Gasteiger partial charge >= 0.3 is 12.1 Å². The highest BCUT2D eigenvalue weighted by Crippen LogP contribution is 2.44. The lowest BCUT2D eigenvalue weighted by Crippen LogP contribution is -2.51. The first kappa shape index (κ1) is 24.3. The Morgan fingerprint density at radius 1 is 1.06 bits per heavy atom. The number of hydrogen-bond donors (Lipinski definition) is 2. The van der Waals surface area contributed by atoms with Crippen LogP contribution in [-0.4, -0.2) is 53.7 Å². The van der Waals surface area contributed by atoms with Crippen molar-refractivity contribution >= 4 is 18.0 Å². The summed E-state index contributed by atoms with van der Waals surface area (Å²) in [5.74, 6) is -1.43. The number of alkyl carbamates (subject to hydrolysis) is 1. The lowest BCUT2D eigenvalue weighted by molar-refractivity contribution is -0.150. The van der Waals surface area contributed by atoms with Gasteiger partial charge in [0.1, 0.15) is 13.2 Å². The lowest BCUT2D eigenvalue weighted by atomic mass is 9.90. The van der Waals surface area contributed by atoms with Crippen molar-refractivity contribution in [2.45, 2.75) is 46.1 Å². The SMILES string of the molecule is CCC(C)N(CC(=O)O)C(=O)C(C)(C)CNC(=O)OCC1c2ccccc2-c2ccccc21. The zero-order valence-corrected chi connectivity index (χ0v) is 19.6. The molecule has 2 aromatic carbocycles. The fraction of sp³-hybridized carbons (Fsp3) is 0.423. The number of carbonyl (C=O) groups excluding carboxylic acids is 2. The van der Waals surface area contributed by atoms with Gasteiger partial charge in [0.05, 0.1) is 5.41 Å². The highest BCUT2D eigenvalue weighted by atomic mass is 16.5. The van der Waals surface area contributed by atoms with Gasteiger partial charge in [0.15, 0.2) is 0 Å². The van der Waals surface area contributed by atoms with Gasteiger partial charge in [-0.25, -0.2) is 4.79 Å². The van der Waals surface area contributed by atoms with E-state index in [9.17, 15) is 19.5 Å². The number of amides is 2. The van der Waals surface area contributed by atoms with Crippen LogP contribution in [0.3, 0.4) is 0 Å². The van der Waals surface area contributed by atoms with Gasteiger partial charge in [0.25, 0.3) is 0 Å². The van der Waals surface area contributed by atoms with Crippen molar-refractivity contribution < 1.29 is 24.2 Å². The Bertz CT molecular complexity index is 987. The van der Waals surface area contributed by atoms with Crippen molar-refractivity contribution in [2.24, 2.45) is 5.41 Å². The normalized spacial score (nSPS) is 13.6. The fourth-order valence-corrected chi connectivity index (χ4v) is 4.20. The van der Waals surface area contributed by atoms with Crippen molar-refractivity contribution in [2.75, 3.05) is 19.7 Å². The minimum atomic E-state index is -1.07. The van der Waals surface area contributed by atoms with Crippen molar-refractivity contribution in [3.8, 4) is 11.1 Å². The molecule has 3 rings (SSSR count). The standard InChI is InChI=1S/C26H32N2O5/c1-5-17(2)28(14-23(29)30)24(31)26(3,4)16-27-25(32)33-15-22-20-12-8-6-10-18(20)19-11-7-9-13-21(19)22/h6-13,17,22H,5,14-16H2,1-4H3,(H,27,32)(H,29,30). The molecule has 1 atom stereocenters. The largest absolute Gasteiger partial charge is 0.480 e. The minimum absolute atomic E-state index is 0.0368. The number of rotatable bonds is 9. The van der Waals surface area contributed by atoms with Gasteiger partial charge in [-0.2, -0.15) is 0 Å². The maximum Gasteiger partial charge on any atom is 0.407 e. The fourth-order valence-electron chi connectivity index (χ4n) is 4.20. The predicted octanol–water partition coefficient (Wildman–Crippen LogP) is 4.26. The van der Waals surface area contributed by atoms with Crippen LogP contribution in [0.25, 0.3) is 11.1 Å². The molecule has 0 saturated carbocycles. The monoisotopic (exact) mass is 452 g/mol. The van der Waals surface area contributed by atoms with E-state index in [1.54, 1.807) is 13.8 Å². The van der Waals surface area contributed by atoms with E-state index < -0.39 is 17.5 Å². The van der Waals surface area contributed by atoms with Crippen LogP contribution in [0.1, 0.15) is 51.2 Å². The van der Waals surface area contributed by atoms with E-state index in [0.717, 1.165) is 22.3 Å². The Balaban J connectivity index is 1.61. The van der Waals surface area contributed by atoms with E-state index in [4.69, 9.17) is 4.74 Å². The molecular formula is C26H32N2O5. The van der Waals surface area contributed by atoms with E-state index in [1.807, 2.05) is 38.1 Å². The molecule has 1 unspecified atom stereocenters. The Morgan fingerprint density at radius 2 is 1.61 bits per heavy atom. The van der Waals surface area contributed by atoms with E-state index in [0.29, 0.717) is 6.42 Å². The van der Waals surface area contributed by atoms with Gasteiger partial charge in [-0.3, -0.25) is 9.59 Å². The van der Waals surface area contributed by atoms with Crippen LogP contribution in [-0.2, 0) is 14.3 Å². The van der Waals surface area contributed by atoms with E-state index in [2.05, 4.69) is 29.6 Å². The number of nitrogens with zero attached hydrogens (tertiary/aromatic N) is 1. The van der Waals surface area contributed by atoms with Crippen LogP contribution in [0.15, 0.2) is 48.5 Å². The second-order valence-electron chi connectivity index (χ2n) is 9.15. The number of hydrogen-bond acceptors (Lipinski definition) is 4. The van der Waals surface area contributed by atoms with Crippen molar-refractivity contribution in [3.05, 3.63) is 59.7 Å². The summed E-state index contributed by atoms with van der Waals surface area (Å²) in [5, 5.41) is 11.9. The van der Waals surface area contributed by atoms with Gasteiger partial charge in [-0.15, -0.1) is 0 Å². The first-order valence-electron chi connectivity index (χ1n) is 11.3. The third-order valence-corrected chi connectivity index (χ3v) is 6.29. The molecule has 0 bridgehead atoms. The van der Waals surface area contributed by atoms with Gasteiger partial charge in [-0.1, -0.05) is 55.5 Å². The molecule has 33 heavy (non-hydrogen) atoms. The van der Waals surface area contributed by atoms with Crippen molar-refractivity contribution in [1.29, 1.82) is 0 Å². The average molecular weight is 453 g/mol. The number of carbonyl (C=O) groups is 3. The maximum absolute atomic E-state index is 13.0. The highest BCUT2D eigenvalue weighted by molar-refractivity contribution is 5.86. The molecular weight excluding hydrogens is 420 g/mol. The molecule has 0 aromatic heterocycles. The van der Waals surface area contributed by atoms with Crippen molar-refractivity contribution in [1.82, 2.24) is 10.2 Å². The molecule has 0 spiro atoms. The molecule has 2 aromatic rings. The van der Waals surface area contributed by atoms with E-state index in [1.165, 1.54) is 4.90 Å². The third-order valence-electron chi connectivity index (χ3n) is 6.29. The second kappa shape index (κ2) is 10.1. The summed E-state index contributed by atoms with van der Waals surface area (Å²) < 4.78 is 5.54. The molecule has 176 valence electrons. The maximum atomic E-state index is 13.0. The quantitative estimate of drug-likeness (QED) is 0.593. The Hall–Kier alpha value is -3.35. The van der Waals surface area contributed by atoms with Crippen LogP contribution in [0.2, 0.25) is 0 Å². The van der Waals surface area contributed by atoms with Gasteiger partial charge in [-0.05, 0) is 49.4 Å². The number of nitrogens with one attached hydrogen (secondary N) is 1. The number of aliphatic carboxylic acids is 1. The second-order valence-corrected chi connectivity index (χ2v) is 9.15. The van der Waals surface area contributed by atoms with Crippen LogP contribution in [0, 0.1) is 5.41 Å². The predicted molar refractivity (Wildman–Crippen MR) is 126 cm³/mol. The lowest BCUT2D eigenvalue weighted by Gasteiger charge is -2.34. The summed E-state index contributed by atoms with van der Waals surface area (Å²) in [7, 11) is 0. The van der Waals surface area contributed by atoms with E-state index >= 15 is 0 Å². The molecule has 7 heteroatoms. The first-order valence-corrected chi connectivity index (χ1v) is 11.3. The summed E-state index contributed by atoms with van der Waals surface area (Å²) in [4.78, 5) is 38.1. The number of carboxylic acid groups (broad SMARTS) is 1. The molecule has 2 N–H and O–H groups in total. The van der Waals surface area contributed by atoms with Crippen LogP contribution >= 0.6 is 0 Å². The van der Waals surface area contributed by atoms with Crippen LogP contribution in [0.4, 0.5) is 4.79 Å². The molecule has 7 nitrogen and oxygen atoms in total. The zero-order chi connectivity index (χ0) is 24.2. The minimum Gasteiger partial charge on any atom is -0.480 e. The molecule has 1 aliphatic carbocycles.